The zero-order chi connectivity index (χ0) is 12.3. The molecule has 0 aliphatic heterocycles. The Morgan fingerprint density at radius 3 is 2.88 bits per heavy atom. The van der Waals surface area contributed by atoms with E-state index in [2.05, 4.69) is 26.2 Å². The lowest BCUT2D eigenvalue weighted by molar-refractivity contribution is 0.415. The normalized spacial score (nSPS) is 10.1. The Morgan fingerprint density at radius 2 is 2.18 bits per heavy atom. The van der Waals surface area contributed by atoms with E-state index in [1.807, 2.05) is 18.2 Å². The van der Waals surface area contributed by atoms with Crippen molar-refractivity contribution >= 4 is 39.0 Å². The van der Waals surface area contributed by atoms with Crippen LogP contribution in [0.15, 0.2) is 41.0 Å². The van der Waals surface area contributed by atoms with E-state index in [4.69, 9.17) is 16.3 Å². The fourth-order valence-electron chi connectivity index (χ4n) is 1.33. The molecule has 1 aromatic carbocycles. The first-order chi connectivity index (χ1) is 8.20. The van der Waals surface area contributed by atoms with Crippen molar-refractivity contribution in [2.75, 3.05) is 12.4 Å². The number of methoxy groups -OCH3 is 1. The molecule has 0 unspecified atom stereocenters. The third-order valence-corrected chi connectivity index (χ3v) is 3.15. The van der Waals surface area contributed by atoms with Gasteiger partial charge in [0.2, 0.25) is 0 Å². The van der Waals surface area contributed by atoms with Crippen molar-refractivity contribution in [3.63, 3.8) is 0 Å². The number of aromatic nitrogens is 1. The van der Waals surface area contributed by atoms with E-state index in [-0.39, 0.29) is 0 Å². The number of benzene rings is 1. The quantitative estimate of drug-likeness (QED) is 0.920. The second-order valence-electron chi connectivity index (χ2n) is 3.30. The number of hydrogen-bond donors (Lipinski definition) is 1. The zero-order valence-electron chi connectivity index (χ0n) is 9.08. The minimum Gasteiger partial charge on any atom is -0.497 e. The molecule has 0 radical (unpaired) electrons. The van der Waals surface area contributed by atoms with Crippen LogP contribution in [0.3, 0.4) is 0 Å². The summed E-state index contributed by atoms with van der Waals surface area (Å²) in [6.45, 7) is 0. The van der Waals surface area contributed by atoms with Gasteiger partial charge in [-0.25, -0.2) is 4.98 Å². The molecule has 0 amide bonds. The maximum Gasteiger partial charge on any atom is 0.144 e. The summed E-state index contributed by atoms with van der Waals surface area (Å²) in [4.78, 5) is 4.21. The van der Waals surface area contributed by atoms with E-state index in [0.717, 1.165) is 15.9 Å². The van der Waals surface area contributed by atoms with Crippen LogP contribution in [-0.4, -0.2) is 12.1 Å². The zero-order valence-corrected chi connectivity index (χ0v) is 11.4. The number of pyridine rings is 1. The number of anilines is 2. The summed E-state index contributed by atoms with van der Waals surface area (Å²) >= 11 is 9.51. The van der Waals surface area contributed by atoms with Gasteiger partial charge in [0.15, 0.2) is 0 Å². The Kier molecular flexibility index (Phi) is 3.86. The van der Waals surface area contributed by atoms with E-state index in [0.29, 0.717) is 10.8 Å². The molecule has 17 heavy (non-hydrogen) atoms. The van der Waals surface area contributed by atoms with Gasteiger partial charge in [-0.15, -0.1) is 0 Å². The summed E-state index contributed by atoms with van der Waals surface area (Å²) in [5.74, 6) is 1.45. The van der Waals surface area contributed by atoms with Crippen molar-refractivity contribution < 1.29 is 4.74 Å². The highest BCUT2D eigenvalue weighted by Crippen LogP contribution is 2.31. The predicted molar refractivity (Wildman–Crippen MR) is 73.2 cm³/mol. The lowest BCUT2D eigenvalue weighted by Gasteiger charge is -2.10. The molecule has 0 aliphatic carbocycles. The highest BCUT2D eigenvalue weighted by atomic mass is 79.9. The van der Waals surface area contributed by atoms with Gasteiger partial charge in [-0.3, -0.25) is 0 Å². The molecule has 1 aromatic heterocycles. The van der Waals surface area contributed by atoms with Gasteiger partial charge in [0.25, 0.3) is 0 Å². The number of ether oxygens (including phenoxy) is 1. The fraction of sp³-hybridized carbons (Fsp3) is 0.0833. The Hall–Kier alpha value is -1.26. The molecule has 0 spiro atoms. The molecule has 0 saturated heterocycles. The number of rotatable bonds is 3. The molecule has 1 N–H and O–H groups in total. The molecule has 3 nitrogen and oxygen atoms in total. The Bertz CT molecular complexity index is 534. The van der Waals surface area contributed by atoms with Gasteiger partial charge in [-0.05, 0) is 40.2 Å². The van der Waals surface area contributed by atoms with Crippen LogP contribution >= 0.6 is 27.5 Å². The van der Waals surface area contributed by atoms with Gasteiger partial charge in [0.1, 0.15) is 11.6 Å². The van der Waals surface area contributed by atoms with E-state index in [9.17, 15) is 0 Å². The van der Waals surface area contributed by atoms with Gasteiger partial charge in [-0.2, -0.15) is 0 Å². The van der Waals surface area contributed by atoms with Crippen molar-refractivity contribution in [3.05, 3.63) is 46.0 Å². The van der Waals surface area contributed by atoms with Crippen LogP contribution in [0.2, 0.25) is 5.02 Å². The van der Waals surface area contributed by atoms with Gasteiger partial charge in [-0.1, -0.05) is 11.6 Å². The monoisotopic (exact) mass is 312 g/mol. The number of nitrogens with zero attached hydrogens (tertiary/aromatic N) is 1. The lowest BCUT2D eigenvalue weighted by atomic mass is 10.3. The molecule has 0 aliphatic rings. The molecule has 5 heteroatoms. The van der Waals surface area contributed by atoms with Crippen molar-refractivity contribution in [1.29, 1.82) is 0 Å². The molecule has 88 valence electrons. The van der Waals surface area contributed by atoms with E-state index >= 15 is 0 Å². The third kappa shape index (κ3) is 2.90. The van der Waals surface area contributed by atoms with Gasteiger partial charge in [0, 0.05) is 12.3 Å². The highest BCUT2D eigenvalue weighted by Gasteiger charge is 2.05. The Balaban J connectivity index is 2.32. The van der Waals surface area contributed by atoms with Crippen molar-refractivity contribution in [1.82, 2.24) is 4.98 Å². The summed E-state index contributed by atoms with van der Waals surface area (Å²) < 4.78 is 6.02. The van der Waals surface area contributed by atoms with Crippen LogP contribution < -0.4 is 10.1 Å². The van der Waals surface area contributed by atoms with Crippen molar-refractivity contribution in [3.8, 4) is 5.75 Å². The largest absolute Gasteiger partial charge is 0.497 e. The van der Waals surface area contributed by atoms with Crippen LogP contribution in [0.1, 0.15) is 0 Å². The minimum atomic E-state index is 0.614. The summed E-state index contributed by atoms with van der Waals surface area (Å²) in [6.07, 6.45) is 1.71. The molecule has 2 aromatic rings. The maximum atomic E-state index is 6.09. The smallest absolute Gasteiger partial charge is 0.144 e. The third-order valence-electron chi connectivity index (χ3n) is 2.19. The van der Waals surface area contributed by atoms with Crippen LogP contribution in [-0.2, 0) is 0 Å². The highest BCUT2D eigenvalue weighted by molar-refractivity contribution is 9.10. The van der Waals surface area contributed by atoms with E-state index in [1.54, 1.807) is 25.4 Å². The average molecular weight is 314 g/mol. The Morgan fingerprint density at radius 1 is 1.35 bits per heavy atom. The summed E-state index contributed by atoms with van der Waals surface area (Å²) in [7, 11) is 1.61. The second kappa shape index (κ2) is 5.38. The summed E-state index contributed by atoms with van der Waals surface area (Å²) in [6, 6.07) is 9.16. The molecular formula is C12H10BrClN2O. The average Bonchev–Trinajstić information content (AvgIpc) is 2.35. The van der Waals surface area contributed by atoms with Crippen molar-refractivity contribution in [2.45, 2.75) is 0 Å². The van der Waals surface area contributed by atoms with Gasteiger partial charge in [0.05, 0.1) is 22.3 Å². The number of halogens is 2. The SMILES string of the molecule is COc1ccc(Cl)c(Nc2ncccc2Br)c1. The topological polar surface area (TPSA) is 34.1 Å². The molecule has 0 atom stereocenters. The van der Waals surface area contributed by atoms with Crippen LogP contribution in [0, 0.1) is 0 Å². The van der Waals surface area contributed by atoms with E-state index < -0.39 is 0 Å². The molecule has 0 bridgehead atoms. The molecule has 1 heterocycles. The first kappa shape index (κ1) is 12.2. The second-order valence-corrected chi connectivity index (χ2v) is 4.57. The first-order valence-corrected chi connectivity index (χ1v) is 6.09. The molecule has 2 rings (SSSR count). The molecule has 0 saturated carbocycles. The minimum absolute atomic E-state index is 0.614. The van der Waals surface area contributed by atoms with Crippen LogP contribution in [0.4, 0.5) is 11.5 Å². The summed E-state index contributed by atoms with van der Waals surface area (Å²) in [5.41, 5.74) is 0.755. The number of nitrogens with one attached hydrogen (secondary N) is 1. The lowest BCUT2D eigenvalue weighted by Crippen LogP contribution is -1.95. The standard InChI is InChI=1S/C12H10BrClN2O/c1-17-8-4-5-10(14)11(7-8)16-12-9(13)3-2-6-15-12/h2-7H,1H3,(H,15,16). The Labute approximate surface area is 113 Å². The molecular weight excluding hydrogens is 304 g/mol. The fourth-order valence-corrected chi connectivity index (χ4v) is 1.85. The molecule has 0 fully saturated rings. The number of hydrogen-bond acceptors (Lipinski definition) is 3. The first-order valence-electron chi connectivity index (χ1n) is 4.92. The predicted octanol–water partition coefficient (Wildman–Crippen LogP) is 4.25. The van der Waals surface area contributed by atoms with E-state index in [1.165, 1.54) is 0 Å². The summed E-state index contributed by atoms with van der Waals surface area (Å²) in [5, 5.41) is 3.76. The van der Waals surface area contributed by atoms with Crippen LogP contribution in [0.25, 0.3) is 0 Å². The van der Waals surface area contributed by atoms with Crippen molar-refractivity contribution in [2.24, 2.45) is 0 Å². The van der Waals surface area contributed by atoms with Gasteiger partial charge < -0.3 is 10.1 Å². The maximum absolute atomic E-state index is 6.09. The van der Waals surface area contributed by atoms with Crippen LogP contribution in [0.5, 0.6) is 5.75 Å². The van der Waals surface area contributed by atoms with Gasteiger partial charge >= 0.3 is 0 Å².